The number of amides is 1. The van der Waals surface area contributed by atoms with Crippen LogP contribution in [0.4, 0.5) is 5.82 Å². The van der Waals surface area contributed by atoms with Crippen LogP contribution >= 0.6 is 22.7 Å². The molecule has 0 spiro atoms. The smallest absolute Gasteiger partial charge is 0.268 e. The minimum atomic E-state index is -0.164. The number of anilines is 1. The van der Waals surface area contributed by atoms with Crippen molar-refractivity contribution in [2.45, 2.75) is 20.8 Å². The van der Waals surface area contributed by atoms with Gasteiger partial charge in [-0.2, -0.15) is 5.10 Å². The summed E-state index contributed by atoms with van der Waals surface area (Å²) in [6.45, 7) is 5.68. The predicted molar refractivity (Wildman–Crippen MR) is 86.2 cm³/mol. The molecule has 0 radical (unpaired) electrons. The number of aromatic amines is 1. The number of carbonyl (C=O) groups excluding carboxylic acids is 1. The van der Waals surface area contributed by atoms with Gasteiger partial charge >= 0.3 is 0 Å². The maximum absolute atomic E-state index is 12.4. The number of hydrogen-bond acceptors (Lipinski definition) is 5. The highest BCUT2D eigenvalue weighted by Crippen LogP contribution is 2.33. The molecule has 3 aromatic heterocycles. The fourth-order valence-electron chi connectivity index (χ4n) is 2.15. The summed E-state index contributed by atoms with van der Waals surface area (Å²) < 4.78 is 0. The molecular weight excluding hydrogens is 304 g/mol. The Labute approximate surface area is 130 Å². The summed E-state index contributed by atoms with van der Waals surface area (Å²) in [7, 11) is 0. The fourth-order valence-corrected chi connectivity index (χ4v) is 3.79. The first kappa shape index (κ1) is 14.0. The summed E-state index contributed by atoms with van der Waals surface area (Å²) in [4.78, 5) is 18.4. The van der Waals surface area contributed by atoms with E-state index in [2.05, 4.69) is 20.5 Å². The van der Waals surface area contributed by atoms with Crippen molar-refractivity contribution in [2.24, 2.45) is 0 Å². The standard InChI is InChI=1S/C14H14N4OS2/c1-7-11(10-5-4-6-20-10)13(18-17-7)16-14(19)12-8(2)15-9(3)21-12/h4-6H,1-3H3,(H2,16,17,18,19). The Bertz CT molecular complexity index is 786. The summed E-state index contributed by atoms with van der Waals surface area (Å²) in [5, 5.41) is 12.9. The second kappa shape index (κ2) is 5.42. The van der Waals surface area contributed by atoms with Gasteiger partial charge in [0.25, 0.3) is 5.91 Å². The van der Waals surface area contributed by atoms with Crippen LogP contribution in [0.5, 0.6) is 0 Å². The van der Waals surface area contributed by atoms with E-state index in [4.69, 9.17) is 0 Å². The monoisotopic (exact) mass is 318 g/mol. The van der Waals surface area contributed by atoms with Crippen molar-refractivity contribution < 1.29 is 4.79 Å². The maximum Gasteiger partial charge on any atom is 0.268 e. The maximum atomic E-state index is 12.4. The number of H-pyrrole nitrogens is 1. The van der Waals surface area contributed by atoms with Crippen LogP contribution in [0.2, 0.25) is 0 Å². The summed E-state index contributed by atoms with van der Waals surface area (Å²) in [5.74, 6) is 0.396. The lowest BCUT2D eigenvalue weighted by molar-refractivity contribution is 0.102. The largest absolute Gasteiger partial charge is 0.304 e. The van der Waals surface area contributed by atoms with Gasteiger partial charge < -0.3 is 5.32 Å². The molecule has 3 rings (SSSR count). The first-order chi connectivity index (χ1) is 10.1. The van der Waals surface area contributed by atoms with Gasteiger partial charge in [-0.15, -0.1) is 22.7 Å². The van der Waals surface area contributed by atoms with Gasteiger partial charge in [0.05, 0.1) is 16.3 Å². The van der Waals surface area contributed by atoms with Crippen molar-refractivity contribution in [3.63, 3.8) is 0 Å². The van der Waals surface area contributed by atoms with Crippen LogP contribution in [0.15, 0.2) is 17.5 Å². The molecule has 3 heterocycles. The van der Waals surface area contributed by atoms with Crippen LogP contribution < -0.4 is 5.32 Å². The summed E-state index contributed by atoms with van der Waals surface area (Å²) >= 11 is 3.01. The van der Waals surface area contributed by atoms with Crippen molar-refractivity contribution >= 4 is 34.4 Å². The van der Waals surface area contributed by atoms with Crippen molar-refractivity contribution in [3.05, 3.63) is 38.8 Å². The highest BCUT2D eigenvalue weighted by molar-refractivity contribution is 7.14. The molecule has 21 heavy (non-hydrogen) atoms. The van der Waals surface area contributed by atoms with E-state index >= 15 is 0 Å². The highest BCUT2D eigenvalue weighted by Gasteiger charge is 2.19. The minimum Gasteiger partial charge on any atom is -0.304 e. The number of aryl methyl sites for hydroxylation is 3. The number of rotatable bonds is 3. The number of nitrogens with zero attached hydrogens (tertiary/aromatic N) is 2. The topological polar surface area (TPSA) is 70.7 Å². The number of aromatic nitrogens is 3. The first-order valence-electron chi connectivity index (χ1n) is 6.40. The molecule has 0 aliphatic carbocycles. The zero-order valence-corrected chi connectivity index (χ0v) is 13.5. The molecule has 0 saturated heterocycles. The molecule has 5 nitrogen and oxygen atoms in total. The number of hydrogen-bond donors (Lipinski definition) is 2. The van der Waals surface area contributed by atoms with Gasteiger partial charge in [0.15, 0.2) is 5.82 Å². The molecule has 1 amide bonds. The third-order valence-electron chi connectivity index (χ3n) is 3.06. The van der Waals surface area contributed by atoms with E-state index in [1.807, 2.05) is 38.3 Å². The Kier molecular flexibility index (Phi) is 3.60. The Balaban J connectivity index is 1.93. The number of thiophene rings is 1. The third-order valence-corrected chi connectivity index (χ3v) is 5.02. The summed E-state index contributed by atoms with van der Waals surface area (Å²) in [6.07, 6.45) is 0. The van der Waals surface area contributed by atoms with Gasteiger partial charge in [0.2, 0.25) is 0 Å². The van der Waals surface area contributed by atoms with Gasteiger partial charge in [-0.1, -0.05) is 6.07 Å². The molecule has 0 atom stereocenters. The average Bonchev–Trinajstić information content (AvgIpc) is 3.11. The fraction of sp³-hybridized carbons (Fsp3) is 0.214. The molecule has 0 aromatic carbocycles. The molecule has 0 bridgehead atoms. The van der Waals surface area contributed by atoms with Gasteiger partial charge in [0, 0.05) is 10.6 Å². The quantitative estimate of drug-likeness (QED) is 0.772. The summed E-state index contributed by atoms with van der Waals surface area (Å²) in [5.41, 5.74) is 2.63. The molecular formula is C14H14N4OS2. The molecule has 0 unspecified atom stereocenters. The second-order valence-electron chi connectivity index (χ2n) is 4.65. The van der Waals surface area contributed by atoms with E-state index in [0.29, 0.717) is 10.7 Å². The molecule has 0 saturated carbocycles. The number of carbonyl (C=O) groups is 1. The lowest BCUT2D eigenvalue weighted by atomic mass is 10.2. The van der Waals surface area contributed by atoms with E-state index in [1.165, 1.54) is 11.3 Å². The van der Waals surface area contributed by atoms with E-state index in [1.54, 1.807) is 11.3 Å². The Morgan fingerprint density at radius 1 is 1.33 bits per heavy atom. The summed E-state index contributed by atoms with van der Waals surface area (Å²) in [6, 6.07) is 4.00. The van der Waals surface area contributed by atoms with Crippen LogP contribution in [0.1, 0.15) is 26.1 Å². The highest BCUT2D eigenvalue weighted by atomic mass is 32.1. The lowest BCUT2D eigenvalue weighted by Gasteiger charge is -2.03. The van der Waals surface area contributed by atoms with Gasteiger partial charge in [0.1, 0.15) is 4.88 Å². The predicted octanol–water partition coefficient (Wildman–Crippen LogP) is 3.77. The van der Waals surface area contributed by atoms with Gasteiger partial charge in [-0.25, -0.2) is 4.98 Å². The first-order valence-corrected chi connectivity index (χ1v) is 8.10. The minimum absolute atomic E-state index is 0.164. The van der Waals surface area contributed by atoms with Crippen LogP contribution in [-0.4, -0.2) is 21.1 Å². The van der Waals surface area contributed by atoms with E-state index < -0.39 is 0 Å². The van der Waals surface area contributed by atoms with Gasteiger partial charge in [-0.3, -0.25) is 9.89 Å². The SMILES string of the molecule is Cc1nc(C)c(C(=O)Nc2n[nH]c(C)c2-c2cccs2)s1. The molecule has 7 heteroatoms. The number of thiazole rings is 1. The van der Waals surface area contributed by atoms with Crippen molar-refractivity contribution in [3.8, 4) is 10.4 Å². The van der Waals surface area contributed by atoms with E-state index in [-0.39, 0.29) is 5.91 Å². The Morgan fingerprint density at radius 3 is 2.76 bits per heavy atom. The van der Waals surface area contributed by atoms with Gasteiger partial charge in [-0.05, 0) is 32.2 Å². The lowest BCUT2D eigenvalue weighted by Crippen LogP contribution is -2.12. The van der Waals surface area contributed by atoms with Crippen molar-refractivity contribution in [1.82, 2.24) is 15.2 Å². The molecule has 0 aliphatic rings. The normalized spacial score (nSPS) is 10.8. The van der Waals surface area contributed by atoms with Crippen LogP contribution in [0.3, 0.4) is 0 Å². The Morgan fingerprint density at radius 2 is 2.14 bits per heavy atom. The molecule has 108 valence electrons. The van der Waals surface area contributed by atoms with Crippen molar-refractivity contribution in [2.75, 3.05) is 5.32 Å². The van der Waals surface area contributed by atoms with Crippen LogP contribution in [0, 0.1) is 20.8 Å². The zero-order valence-electron chi connectivity index (χ0n) is 11.9. The number of nitrogens with one attached hydrogen (secondary N) is 2. The third kappa shape index (κ3) is 2.62. The second-order valence-corrected chi connectivity index (χ2v) is 6.80. The van der Waals surface area contributed by atoms with E-state index in [9.17, 15) is 4.79 Å². The molecule has 0 fully saturated rings. The molecule has 3 aromatic rings. The van der Waals surface area contributed by atoms with Crippen LogP contribution in [-0.2, 0) is 0 Å². The molecule has 2 N–H and O–H groups in total. The Hall–Kier alpha value is -1.99. The zero-order chi connectivity index (χ0) is 15.0. The van der Waals surface area contributed by atoms with Crippen molar-refractivity contribution in [1.29, 1.82) is 0 Å². The average molecular weight is 318 g/mol. The molecule has 0 aliphatic heterocycles. The van der Waals surface area contributed by atoms with E-state index in [0.717, 1.165) is 26.8 Å². The van der Waals surface area contributed by atoms with Crippen LogP contribution in [0.25, 0.3) is 10.4 Å².